The van der Waals surface area contributed by atoms with E-state index in [9.17, 15) is 9.18 Å². The maximum Gasteiger partial charge on any atom is 0.271 e. The van der Waals surface area contributed by atoms with Crippen LogP contribution in [0.1, 0.15) is 46.6 Å². The molecule has 3 aromatic rings. The molecule has 0 amide bonds. The number of aromatic nitrogens is 3. The highest BCUT2D eigenvalue weighted by atomic mass is 32.1. The minimum absolute atomic E-state index is 0.101. The summed E-state index contributed by atoms with van der Waals surface area (Å²) in [7, 11) is 3.91. The van der Waals surface area contributed by atoms with Crippen LogP contribution >= 0.6 is 11.3 Å². The Morgan fingerprint density at radius 1 is 1.37 bits per heavy atom. The molecule has 0 aliphatic carbocycles. The van der Waals surface area contributed by atoms with Gasteiger partial charge >= 0.3 is 0 Å². The summed E-state index contributed by atoms with van der Waals surface area (Å²) in [5.41, 5.74) is 1.57. The zero-order chi connectivity index (χ0) is 20.1. The van der Waals surface area contributed by atoms with Crippen molar-refractivity contribution >= 4 is 37.5 Å². The number of allylic oxidation sites excluding steroid dienone is 2. The molecule has 0 aliphatic heterocycles. The molecule has 5 nitrogen and oxygen atoms in total. The first kappa shape index (κ1) is 21.0. The third-order valence-electron chi connectivity index (χ3n) is 4.26. The van der Waals surface area contributed by atoms with Crippen LogP contribution in [0.15, 0.2) is 35.3 Å². The number of anilines is 1. The Morgan fingerprint density at radius 3 is 2.70 bits per heavy atom. The average molecular weight is 391 g/mol. The maximum atomic E-state index is 13.4. The van der Waals surface area contributed by atoms with Crippen LogP contribution in [0.5, 0.6) is 0 Å². The Balaban J connectivity index is 0.00000126. The lowest BCUT2D eigenvalue weighted by Crippen LogP contribution is -2.22. The Labute approximate surface area is 163 Å². The number of pyridine rings is 1. The monoisotopic (exact) mass is 390 g/mol. The van der Waals surface area contributed by atoms with Crippen molar-refractivity contribution < 1.29 is 4.39 Å². The van der Waals surface area contributed by atoms with E-state index in [0.717, 1.165) is 15.9 Å². The first-order valence-electron chi connectivity index (χ1n) is 9.24. The Kier molecular flexibility index (Phi) is 7.07. The van der Waals surface area contributed by atoms with Crippen LogP contribution in [-0.2, 0) is 0 Å². The second-order valence-corrected chi connectivity index (χ2v) is 7.23. The first-order chi connectivity index (χ1) is 12.9. The highest BCUT2D eigenvalue weighted by molar-refractivity contribution is 7.25. The van der Waals surface area contributed by atoms with Crippen LogP contribution in [0, 0.1) is 0 Å². The first-order valence-corrected chi connectivity index (χ1v) is 10.1. The van der Waals surface area contributed by atoms with Gasteiger partial charge in [-0.05, 0) is 25.8 Å². The standard InChI is InChI=1S/C18H21FN4OS.C2H6/c1-5-12(19)7-6-11(2)23-10-21-15-14-13(22(3)4)8-9-20-17(14)25-16(15)18(23)24;1-2/h7-11H,5-6H2,1-4H3;1-2H3/b12-7+;. The summed E-state index contributed by atoms with van der Waals surface area (Å²) in [5.74, 6) is -0.157. The molecule has 0 N–H and O–H groups in total. The average Bonchev–Trinajstić information content (AvgIpc) is 3.07. The third-order valence-corrected chi connectivity index (χ3v) is 5.33. The van der Waals surface area contributed by atoms with Crippen molar-refractivity contribution in [2.75, 3.05) is 19.0 Å². The number of hydrogen-bond donors (Lipinski definition) is 0. The van der Waals surface area contributed by atoms with Gasteiger partial charge in [0.1, 0.15) is 9.53 Å². The van der Waals surface area contributed by atoms with Gasteiger partial charge in [-0.2, -0.15) is 0 Å². The molecule has 1 unspecified atom stereocenters. The van der Waals surface area contributed by atoms with Gasteiger partial charge in [0.2, 0.25) is 0 Å². The summed E-state index contributed by atoms with van der Waals surface area (Å²) in [6.07, 6.45) is 5.67. The zero-order valence-electron chi connectivity index (χ0n) is 16.8. The Bertz CT molecular complexity index is 1010. The predicted octanol–water partition coefficient (Wildman–Crippen LogP) is 5.31. The quantitative estimate of drug-likeness (QED) is 0.592. The summed E-state index contributed by atoms with van der Waals surface area (Å²) < 4.78 is 15.5. The molecule has 3 heterocycles. The van der Waals surface area contributed by atoms with E-state index in [1.807, 2.05) is 45.8 Å². The van der Waals surface area contributed by atoms with E-state index >= 15 is 0 Å². The lowest BCUT2D eigenvalue weighted by atomic mass is 10.2. The Hall–Kier alpha value is -2.28. The van der Waals surface area contributed by atoms with E-state index in [0.29, 0.717) is 23.1 Å². The molecule has 1 atom stereocenters. The number of nitrogens with zero attached hydrogens (tertiary/aromatic N) is 4. The molecule has 3 aromatic heterocycles. The molecule has 0 bridgehead atoms. The lowest BCUT2D eigenvalue weighted by Gasteiger charge is -2.14. The van der Waals surface area contributed by atoms with Crippen molar-refractivity contribution in [2.45, 2.75) is 46.6 Å². The van der Waals surface area contributed by atoms with Gasteiger partial charge in [-0.25, -0.2) is 14.4 Å². The van der Waals surface area contributed by atoms with E-state index in [-0.39, 0.29) is 17.4 Å². The van der Waals surface area contributed by atoms with Crippen LogP contribution in [0.25, 0.3) is 20.4 Å². The summed E-state index contributed by atoms with van der Waals surface area (Å²) in [6.45, 7) is 7.66. The van der Waals surface area contributed by atoms with Gasteiger partial charge in [-0.1, -0.05) is 26.8 Å². The zero-order valence-corrected chi connectivity index (χ0v) is 17.6. The van der Waals surface area contributed by atoms with E-state index in [2.05, 4.69) is 9.97 Å². The second kappa shape index (κ2) is 9.08. The van der Waals surface area contributed by atoms with Gasteiger partial charge in [0.25, 0.3) is 5.56 Å². The van der Waals surface area contributed by atoms with E-state index in [1.165, 1.54) is 17.4 Å². The molecule has 0 saturated heterocycles. The normalized spacial score (nSPS) is 12.8. The number of rotatable bonds is 5. The predicted molar refractivity (Wildman–Crippen MR) is 114 cm³/mol. The minimum Gasteiger partial charge on any atom is -0.377 e. The van der Waals surface area contributed by atoms with Gasteiger partial charge in [-0.3, -0.25) is 9.36 Å². The van der Waals surface area contributed by atoms with Crippen LogP contribution < -0.4 is 10.5 Å². The fourth-order valence-corrected chi connectivity index (χ4v) is 3.85. The topological polar surface area (TPSA) is 51.0 Å². The molecular formula is C20H27FN4OS. The molecule has 0 saturated carbocycles. The highest BCUT2D eigenvalue weighted by Crippen LogP contribution is 2.35. The van der Waals surface area contributed by atoms with Crippen molar-refractivity contribution in [3.8, 4) is 0 Å². The summed E-state index contributed by atoms with van der Waals surface area (Å²) >= 11 is 1.36. The molecule has 0 aliphatic rings. The molecule has 0 radical (unpaired) electrons. The molecular weight excluding hydrogens is 363 g/mol. The molecule has 146 valence electrons. The van der Waals surface area contributed by atoms with Gasteiger partial charge in [0.15, 0.2) is 0 Å². The summed E-state index contributed by atoms with van der Waals surface area (Å²) in [5, 5.41) is 0.904. The van der Waals surface area contributed by atoms with Gasteiger partial charge in [0, 0.05) is 26.3 Å². The lowest BCUT2D eigenvalue weighted by molar-refractivity contribution is 0.518. The molecule has 0 fully saturated rings. The molecule has 7 heteroatoms. The van der Waals surface area contributed by atoms with Gasteiger partial charge < -0.3 is 4.90 Å². The van der Waals surface area contributed by atoms with Crippen LogP contribution in [-0.4, -0.2) is 28.6 Å². The maximum absolute atomic E-state index is 13.4. The summed E-state index contributed by atoms with van der Waals surface area (Å²) in [4.78, 5) is 24.6. The largest absolute Gasteiger partial charge is 0.377 e. The molecule has 27 heavy (non-hydrogen) atoms. The van der Waals surface area contributed by atoms with Crippen LogP contribution in [0.2, 0.25) is 0 Å². The summed E-state index contributed by atoms with van der Waals surface area (Å²) in [6, 6.07) is 1.76. The van der Waals surface area contributed by atoms with Crippen LogP contribution in [0.3, 0.4) is 0 Å². The fourth-order valence-electron chi connectivity index (χ4n) is 2.79. The number of fused-ring (bicyclic) bond motifs is 3. The number of halogens is 1. The molecule has 0 aromatic carbocycles. The van der Waals surface area contributed by atoms with Crippen molar-refractivity contribution in [2.24, 2.45) is 0 Å². The number of thiophene rings is 1. The minimum atomic E-state index is -0.159. The Morgan fingerprint density at radius 2 is 2.07 bits per heavy atom. The van der Waals surface area contributed by atoms with Crippen molar-refractivity contribution in [3.63, 3.8) is 0 Å². The van der Waals surface area contributed by atoms with Crippen molar-refractivity contribution in [1.82, 2.24) is 14.5 Å². The van der Waals surface area contributed by atoms with Gasteiger partial charge in [-0.15, -0.1) is 11.3 Å². The van der Waals surface area contributed by atoms with E-state index in [4.69, 9.17) is 0 Å². The van der Waals surface area contributed by atoms with E-state index < -0.39 is 0 Å². The van der Waals surface area contributed by atoms with E-state index in [1.54, 1.807) is 24.0 Å². The fraction of sp³-hybridized carbons (Fsp3) is 0.450. The SMILES string of the molecule is CC.CC/C(F)=C\CC(C)n1cnc2c(sc3nccc(N(C)C)c32)c1=O. The van der Waals surface area contributed by atoms with Gasteiger partial charge in [0.05, 0.1) is 28.7 Å². The molecule has 3 rings (SSSR count). The molecule has 0 spiro atoms. The third kappa shape index (κ3) is 4.18. The van der Waals surface area contributed by atoms with Crippen molar-refractivity contribution in [1.29, 1.82) is 0 Å². The second-order valence-electron chi connectivity index (χ2n) is 6.23. The highest BCUT2D eigenvalue weighted by Gasteiger charge is 2.17. The number of hydrogen-bond acceptors (Lipinski definition) is 5. The van der Waals surface area contributed by atoms with Crippen molar-refractivity contribution in [3.05, 3.63) is 40.8 Å². The smallest absolute Gasteiger partial charge is 0.271 e. The van der Waals surface area contributed by atoms with Crippen LogP contribution in [0.4, 0.5) is 10.1 Å².